The standard InChI is InChI=1S/C20H21NO4/c1-23-18-10-13(5-7-17(18)22)4-6-16-15-12-20(25-3)19(24-2)11-14(15)8-9-21-16/h4-7,10-12,22H,8-9H2,1-3H3/p+1/b6-4+. The summed E-state index contributed by atoms with van der Waals surface area (Å²) >= 11 is 0. The van der Waals surface area contributed by atoms with Crippen molar-refractivity contribution in [2.45, 2.75) is 6.42 Å². The molecule has 25 heavy (non-hydrogen) atoms. The second kappa shape index (κ2) is 7.30. The maximum atomic E-state index is 9.70. The number of ether oxygens (including phenoxy) is 3. The fraction of sp³-hybridized carbons (Fsp3) is 0.250. The van der Waals surface area contributed by atoms with Crippen LogP contribution in [0.2, 0.25) is 0 Å². The number of hydrogen-bond donors (Lipinski definition) is 2. The highest BCUT2D eigenvalue weighted by Gasteiger charge is 2.21. The summed E-state index contributed by atoms with van der Waals surface area (Å²) in [6, 6.07) is 9.29. The number of phenolic OH excluding ortho intramolecular Hbond substituents is 1. The van der Waals surface area contributed by atoms with E-state index in [0.29, 0.717) is 11.5 Å². The summed E-state index contributed by atoms with van der Waals surface area (Å²) in [5.74, 6) is 2.04. The summed E-state index contributed by atoms with van der Waals surface area (Å²) in [5, 5.41) is 9.70. The van der Waals surface area contributed by atoms with Crippen molar-refractivity contribution in [3.8, 4) is 23.0 Å². The van der Waals surface area contributed by atoms with E-state index < -0.39 is 0 Å². The monoisotopic (exact) mass is 340 g/mol. The molecule has 2 aromatic carbocycles. The zero-order chi connectivity index (χ0) is 17.8. The molecule has 0 bridgehead atoms. The second-order valence-corrected chi connectivity index (χ2v) is 5.72. The van der Waals surface area contributed by atoms with E-state index in [9.17, 15) is 5.11 Å². The van der Waals surface area contributed by atoms with E-state index in [-0.39, 0.29) is 5.75 Å². The number of rotatable bonds is 5. The molecule has 2 aromatic rings. The maximum Gasteiger partial charge on any atom is 0.206 e. The fourth-order valence-corrected chi connectivity index (χ4v) is 2.93. The molecule has 0 atom stereocenters. The van der Waals surface area contributed by atoms with Gasteiger partial charge in [0.05, 0.1) is 26.9 Å². The van der Waals surface area contributed by atoms with Crippen LogP contribution in [-0.4, -0.2) is 38.7 Å². The van der Waals surface area contributed by atoms with Crippen molar-refractivity contribution >= 4 is 11.8 Å². The van der Waals surface area contributed by atoms with Crippen LogP contribution < -0.4 is 19.2 Å². The molecular formula is C20H22NO4+. The highest BCUT2D eigenvalue weighted by atomic mass is 16.5. The van der Waals surface area contributed by atoms with Crippen LogP contribution >= 0.6 is 0 Å². The molecule has 0 unspecified atom stereocenters. The van der Waals surface area contributed by atoms with E-state index >= 15 is 0 Å². The Morgan fingerprint density at radius 1 is 0.920 bits per heavy atom. The van der Waals surface area contributed by atoms with Crippen molar-refractivity contribution in [3.63, 3.8) is 0 Å². The van der Waals surface area contributed by atoms with Crippen LogP contribution in [0.25, 0.3) is 6.08 Å². The Hall–Kier alpha value is -2.95. The first-order valence-electron chi connectivity index (χ1n) is 8.07. The first kappa shape index (κ1) is 16.9. The van der Waals surface area contributed by atoms with Gasteiger partial charge in [-0.05, 0) is 41.5 Å². The third kappa shape index (κ3) is 3.45. The number of fused-ring (bicyclic) bond motifs is 1. The van der Waals surface area contributed by atoms with Crippen molar-refractivity contribution in [2.24, 2.45) is 0 Å². The average molecular weight is 340 g/mol. The molecule has 130 valence electrons. The van der Waals surface area contributed by atoms with Gasteiger partial charge in [-0.25, -0.2) is 4.99 Å². The van der Waals surface area contributed by atoms with Crippen LogP contribution in [0.15, 0.2) is 36.4 Å². The van der Waals surface area contributed by atoms with Crippen LogP contribution in [0, 0.1) is 0 Å². The van der Waals surface area contributed by atoms with Crippen LogP contribution in [-0.2, 0) is 6.42 Å². The number of aromatic hydroxyl groups is 1. The normalized spacial score (nSPS) is 13.3. The number of benzene rings is 2. The highest BCUT2D eigenvalue weighted by Crippen LogP contribution is 2.31. The predicted octanol–water partition coefficient (Wildman–Crippen LogP) is 1.56. The van der Waals surface area contributed by atoms with Gasteiger partial charge < -0.3 is 19.3 Å². The smallest absolute Gasteiger partial charge is 0.206 e. The van der Waals surface area contributed by atoms with E-state index in [1.807, 2.05) is 30.4 Å². The van der Waals surface area contributed by atoms with Gasteiger partial charge in [0.1, 0.15) is 6.54 Å². The van der Waals surface area contributed by atoms with Crippen LogP contribution in [0.5, 0.6) is 23.0 Å². The topological polar surface area (TPSA) is 61.9 Å². The first-order valence-corrected chi connectivity index (χ1v) is 8.07. The lowest BCUT2D eigenvalue weighted by Gasteiger charge is -2.15. The van der Waals surface area contributed by atoms with Gasteiger partial charge in [-0.3, -0.25) is 0 Å². The van der Waals surface area contributed by atoms with Gasteiger partial charge >= 0.3 is 0 Å². The lowest BCUT2D eigenvalue weighted by molar-refractivity contribution is -0.456. The Balaban J connectivity index is 1.93. The maximum absolute atomic E-state index is 9.70. The molecule has 0 saturated heterocycles. The van der Waals surface area contributed by atoms with Gasteiger partial charge in [0.2, 0.25) is 5.71 Å². The first-order chi connectivity index (χ1) is 12.2. The minimum absolute atomic E-state index is 0.130. The minimum atomic E-state index is 0.130. The molecule has 0 aromatic heterocycles. The largest absolute Gasteiger partial charge is 0.504 e. The molecule has 5 heteroatoms. The molecule has 0 fully saturated rings. The summed E-state index contributed by atoms with van der Waals surface area (Å²) in [5.41, 5.74) is 4.29. The molecule has 3 rings (SSSR count). The van der Waals surface area contributed by atoms with E-state index in [1.165, 1.54) is 12.7 Å². The summed E-state index contributed by atoms with van der Waals surface area (Å²) in [6.45, 7) is 0.862. The summed E-state index contributed by atoms with van der Waals surface area (Å²) in [6.07, 6.45) is 4.94. The lowest BCUT2D eigenvalue weighted by Crippen LogP contribution is -2.75. The van der Waals surface area contributed by atoms with Gasteiger partial charge in [0.15, 0.2) is 23.0 Å². The summed E-state index contributed by atoms with van der Waals surface area (Å²) in [7, 11) is 4.82. The Morgan fingerprint density at radius 3 is 2.36 bits per heavy atom. The number of nitrogens with one attached hydrogen (secondary N) is 1. The highest BCUT2D eigenvalue weighted by molar-refractivity contribution is 6.08. The van der Waals surface area contributed by atoms with Gasteiger partial charge in [-0.2, -0.15) is 0 Å². The van der Waals surface area contributed by atoms with Crippen LogP contribution in [0.4, 0.5) is 0 Å². The Bertz CT molecular complexity index is 840. The molecule has 0 amide bonds. The van der Waals surface area contributed by atoms with E-state index in [2.05, 4.69) is 4.99 Å². The van der Waals surface area contributed by atoms with E-state index in [0.717, 1.165) is 35.6 Å². The molecule has 5 nitrogen and oxygen atoms in total. The van der Waals surface area contributed by atoms with E-state index in [1.54, 1.807) is 26.4 Å². The molecule has 1 aliphatic heterocycles. The van der Waals surface area contributed by atoms with Crippen molar-refractivity contribution in [1.82, 2.24) is 0 Å². The van der Waals surface area contributed by atoms with Crippen molar-refractivity contribution in [2.75, 3.05) is 27.9 Å². The molecule has 0 saturated carbocycles. The molecule has 1 heterocycles. The number of methoxy groups -OCH3 is 3. The molecule has 0 aliphatic carbocycles. The number of allylic oxidation sites excluding steroid dienone is 1. The third-order valence-electron chi connectivity index (χ3n) is 4.26. The summed E-state index contributed by atoms with van der Waals surface area (Å²) < 4.78 is 16.0. The zero-order valence-electron chi connectivity index (χ0n) is 14.6. The van der Waals surface area contributed by atoms with Gasteiger partial charge in [0.25, 0.3) is 0 Å². The number of hydrogen-bond acceptors (Lipinski definition) is 4. The molecule has 0 radical (unpaired) electrons. The molecule has 0 spiro atoms. The van der Waals surface area contributed by atoms with Crippen molar-refractivity contribution < 1.29 is 24.3 Å². The van der Waals surface area contributed by atoms with Crippen molar-refractivity contribution in [3.05, 3.63) is 53.1 Å². The predicted molar refractivity (Wildman–Crippen MR) is 96.9 cm³/mol. The SMILES string of the molecule is COc1cc(/C=C/C2=[NH+]CCc3cc(OC)c(OC)cc32)ccc1O. The third-order valence-corrected chi connectivity index (χ3v) is 4.26. The van der Waals surface area contributed by atoms with Crippen LogP contribution in [0.1, 0.15) is 16.7 Å². The lowest BCUT2D eigenvalue weighted by atomic mass is 9.96. The number of phenols is 1. The van der Waals surface area contributed by atoms with Gasteiger partial charge in [-0.15, -0.1) is 0 Å². The zero-order valence-corrected chi connectivity index (χ0v) is 14.6. The van der Waals surface area contributed by atoms with E-state index in [4.69, 9.17) is 14.2 Å². The summed E-state index contributed by atoms with van der Waals surface area (Å²) in [4.78, 5) is 3.43. The van der Waals surface area contributed by atoms with Crippen molar-refractivity contribution in [1.29, 1.82) is 0 Å². The Morgan fingerprint density at radius 2 is 1.64 bits per heavy atom. The molecular weight excluding hydrogens is 318 g/mol. The van der Waals surface area contributed by atoms with Gasteiger partial charge in [0, 0.05) is 12.5 Å². The molecule has 1 aliphatic rings. The minimum Gasteiger partial charge on any atom is -0.504 e. The Labute approximate surface area is 147 Å². The second-order valence-electron chi connectivity index (χ2n) is 5.72. The molecule has 2 N–H and O–H groups in total. The average Bonchev–Trinajstić information content (AvgIpc) is 2.66. The Kier molecular flexibility index (Phi) is 4.93. The quantitative estimate of drug-likeness (QED) is 0.867. The van der Waals surface area contributed by atoms with Gasteiger partial charge in [-0.1, -0.05) is 6.07 Å². The van der Waals surface area contributed by atoms with Crippen LogP contribution in [0.3, 0.4) is 0 Å². The fourth-order valence-electron chi connectivity index (χ4n) is 2.93.